The van der Waals surface area contributed by atoms with Crippen molar-refractivity contribution in [3.63, 3.8) is 0 Å². The average Bonchev–Trinajstić information content (AvgIpc) is 3.27. The van der Waals surface area contributed by atoms with Gasteiger partial charge in [0.25, 0.3) is 0 Å². The standard InChI is InChI=1S/C19H22N2O2S/c1-14-13-15(21-10-2-3-11-21)6-7-16(14)20-19(23)9-8-17(22)18-5-4-12-24-18/h4-7,12-13H,2-3,8-11H2,1H3,(H,20,23). The Morgan fingerprint density at radius 2 is 1.96 bits per heavy atom. The van der Waals surface area contributed by atoms with E-state index >= 15 is 0 Å². The van der Waals surface area contributed by atoms with Gasteiger partial charge in [-0.1, -0.05) is 6.07 Å². The molecule has 1 aliphatic rings. The molecule has 1 saturated heterocycles. The first-order valence-electron chi connectivity index (χ1n) is 8.35. The fourth-order valence-corrected chi connectivity index (χ4v) is 3.65. The molecule has 4 nitrogen and oxygen atoms in total. The van der Waals surface area contributed by atoms with Crippen molar-refractivity contribution in [1.29, 1.82) is 0 Å². The molecule has 0 saturated carbocycles. The highest BCUT2D eigenvalue weighted by atomic mass is 32.1. The van der Waals surface area contributed by atoms with Crippen LogP contribution >= 0.6 is 11.3 Å². The second-order valence-electron chi connectivity index (χ2n) is 6.14. The topological polar surface area (TPSA) is 49.4 Å². The Morgan fingerprint density at radius 1 is 1.17 bits per heavy atom. The van der Waals surface area contributed by atoms with Crippen LogP contribution in [-0.4, -0.2) is 24.8 Å². The molecule has 0 spiro atoms. The summed E-state index contributed by atoms with van der Waals surface area (Å²) < 4.78 is 0. The molecule has 24 heavy (non-hydrogen) atoms. The second-order valence-corrected chi connectivity index (χ2v) is 7.09. The molecule has 0 unspecified atom stereocenters. The maximum Gasteiger partial charge on any atom is 0.224 e. The van der Waals surface area contributed by atoms with Crippen molar-refractivity contribution in [2.45, 2.75) is 32.6 Å². The van der Waals surface area contributed by atoms with Gasteiger partial charge in [0.05, 0.1) is 4.88 Å². The molecular formula is C19H22N2O2S. The molecule has 1 aromatic carbocycles. The zero-order chi connectivity index (χ0) is 16.9. The van der Waals surface area contributed by atoms with E-state index in [2.05, 4.69) is 22.3 Å². The lowest BCUT2D eigenvalue weighted by Crippen LogP contribution is -2.18. The van der Waals surface area contributed by atoms with E-state index in [1.165, 1.54) is 29.9 Å². The SMILES string of the molecule is Cc1cc(N2CCCC2)ccc1NC(=O)CCC(=O)c1cccs1. The first-order chi connectivity index (χ1) is 11.6. The lowest BCUT2D eigenvalue weighted by Gasteiger charge is -2.19. The first-order valence-corrected chi connectivity index (χ1v) is 9.23. The number of benzene rings is 1. The Hall–Kier alpha value is -2.14. The van der Waals surface area contributed by atoms with Crippen molar-refractivity contribution in [2.75, 3.05) is 23.3 Å². The lowest BCUT2D eigenvalue weighted by molar-refractivity contribution is -0.116. The number of Topliss-reactive ketones (excluding diaryl/α,β-unsaturated/α-hetero) is 1. The Labute approximate surface area is 146 Å². The third-order valence-electron chi connectivity index (χ3n) is 4.33. The summed E-state index contributed by atoms with van der Waals surface area (Å²) in [5.41, 5.74) is 3.10. The van der Waals surface area contributed by atoms with Crippen LogP contribution in [0.15, 0.2) is 35.7 Å². The number of carbonyl (C=O) groups excluding carboxylic acids is 2. The quantitative estimate of drug-likeness (QED) is 0.798. The summed E-state index contributed by atoms with van der Waals surface area (Å²) in [5.74, 6) is -0.0850. The summed E-state index contributed by atoms with van der Waals surface area (Å²) in [7, 11) is 0. The van der Waals surface area contributed by atoms with Gasteiger partial charge in [0.1, 0.15) is 0 Å². The summed E-state index contributed by atoms with van der Waals surface area (Å²) in [6.45, 7) is 4.22. The van der Waals surface area contributed by atoms with Crippen LogP contribution in [0.2, 0.25) is 0 Å². The molecule has 0 bridgehead atoms. The molecule has 1 aromatic heterocycles. The fraction of sp³-hybridized carbons (Fsp3) is 0.368. The van der Waals surface area contributed by atoms with Gasteiger partial charge in [-0.05, 0) is 55.0 Å². The number of rotatable bonds is 6. The van der Waals surface area contributed by atoms with Gasteiger partial charge in [-0.2, -0.15) is 0 Å². The zero-order valence-corrected chi connectivity index (χ0v) is 14.7. The van der Waals surface area contributed by atoms with Crippen molar-refractivity contribution < 1.29 is 9.59 Å². The molecule has 2 heterocycles. The number of anilines is 2. The summed E-state index contributed by atoms with van der Waals surface area (Å²) in [6, 6.07) is 9.79. The van der Waals surface area contributed by atoms with Gasteiger partial charge in [-0.25, -0.2) is 0 Å². The largest absolute Gasteiger partial charge is 0.372 e. The number of ketones is 1. The highest BCUT2D eigenvalue weighted by Gasteiger charge is 2.14. The minimum absolute atomic E-state index is 0.0289. The number of hydrogen-bond donors (Lipinski definition) is 1. The van der Waals surface area contributed by atoms with Gasteiger partial charge in [-0.15, -0.1) is 11.3 Å². The minimum Gasteiger partial charge on any atom is -0.372 e. The van der Waals surface area contributed by atoms with Crippen LogP contribution in [0.1, 0.15) is 40.9 Å². The molecular weight excluding hydrogens is 320 g/mol. The maximum absolute atomic E-state index is 12.1. The van der Waals surface area contributed by atoms with Crippen molar-refractivity contribution in [2.24, 2.45) is 0 Å². The monoisotopic (exact) mass is 342 g/mol. The summed E-state index contributed by atoms with van der Waals surface area (Å²) >= 11 is 1.42. The predicted octanol–water partition coefficient (Wildman–Crippen LogP) is 4.26. The number of hydrogen-bond acceptors (Lipinski definition) is 4. The van der Waals surface area contributed by atoms with Gasteiger partial charge in [0.15, 0.2) is 5.78 Å². The van der Waals surface area contributed by atoms with Crippen LogP contribution in [0.4, 0.5) is 11.4 Å². The molecule has 2 aromatic rings. The Balaban J connectivity index is 1.55. The zero-order valence-electron chi connectivity index (χ0n) is 13.9. The van der Waals surface area contributed by atoms with Gasteiger partial charge in [0.2, 0.25) is 5.91 Å². The van der Waals surface area contributed by atoms with Crippen molar-refractivity contribution in [1.82, 2.24) is 0 Å². The molecule has 3 rings (SSSR count). The van der Waals surface area contributed by atoms with E-state index in [4.69, 9.17) is 0 Å². The molecule has 1 N–H and O–H groups in total. The van der Waals surface area contributed by atoms with Gasteiger partial charge in [-0.3, -0.25) is 9.59 Å². The van der Waals surface area contributed by atoms with Gasteiger partial charge < -0.3 is 10.2 Å². The molecule has 1 aliphatic heterocycles. The second kappa shape index (κ2) is 7.62. The number of amides is 1. The molecule has 1 fully saturated rings. The van der Waals surface area contributed by atoms with E-state index in [9.17, 15) is 9.59 Å². The van der Waals surface area contributed by atoms with Crippen LogP contribution in [0.5, 0.6) is 0 Å². The summed E-state index contributed by atoms with van der Waals surface area (Å²) in [5, 5.41) is 4.80. The van der Waals surface area contributed by atoms with Gasteiger partial charge >= 0.3 is 0 Å². The van der Waals surface area contributed by atoms with E-state index < -0.39 is 0 Å². The minimum atomic E-state index is -0.114. The van der Waals surface area contributed by atoms with Crippen LogP contribution in [-0.2, 0) is 4.79 Å². The lowest BCUT2D eigenvalue weighted by atomic mass is 10.1. The van der Waals surface area contributed by atoms with Crippen LogP contribution in [0, 0.1) is 6.92 Å². The summed E-state index contributed by atoms with van der Waals surface area (Å²) in [4.78, 5) is 27.1. The number of nitrogens with one attached hydrogen (secondary N) is 1. The molecule has 0 atom stereocenters. The van der Waals surface area contributed by atoms with E-state index in [0.29, 0.717) is 4.88 Å². The fourth-order valence-electron chi connectivity index (χ4n) is 2.96. The van der Waals surface area contributed by atoms with E-state index in [1.54, 1.807) is 6.07 Å². The van der Waals surface area contributed by atoms with Crippen LogP contribution < -0.4 is 10.2 Å². The Morgan fingerprint density at radius 3 is 2.62 bits per heavy atom. The van der Waals surface area contributed by atoms with E-state index in [-0.39, 0.29) is 24.5 Å². The van der Waals surface area contributed by atoms with Crippen molar-refractivity contribution >= 4 is 34.4 Å². The average molecular weight is 342 g/mol. The number of carbonyl (C=O) groups is 2. The van der Waals surface area contributed by atoms with Crippen LogP contribution in [0.3, 0.4) is 0 Å². The van der Waals surface area contributed by atoms with E-state index in [1.807, 2.05) is 24.4 Å². The highest BCUT2D eigenvalue weighted by molar-refractivity contribution is 7.12. The van der Waals surface area contributed by atoms with E-state index in [0.717, 1.165) is 24.3 Å². The predicted molar refractivity (Wildman–Crippen MR) is 99.1 cm³/mol. The Bertz CT molecular complexity index is 719. The third kappa shape index (κ3) is 4.03. The molecule has 0 radical (unpaired) electrons. The normalized spacial score (nSPS) is 14.0. The Kier molecular flexibility index (Phi) is 5.30. The molecule has 0 aliphatic carbocycles. The smallest absolute Gasteiger partial charge is 0.224 e. The van der Waals surface area contributed by atoms with Crippen molar-refractivity contribution in [3.05, 3.63) is 46.2 Å². The molecule has 5 heteroatoms. The third-order valence-corrected chi connectivity index (χ3v) is 5.24. The first kappa shape index (κ1) is 16.7. The highest BCUT2D eigenvalue weighted by Crippen LogP contribution is 2.25. The molecule has 126 valence electrons. The maximum atomic E-state index is 12.1. The number of nitrogens with zero attached hydrogens (tertiary/aromatic N) is 1. The van der Waals surface area contributed by atoms with Gasteiger partial charge in [0, 0.05) is 37.3 Å². The van der Waals surface area contributed by atoms with Crippen molar-refractivity contribution in [3.8, 4) is 0 Å². The number of aryl methyl sites for hydroxylation is 1. The number of thiophene rings is 1. The van der Waals surface area contributed by atoms with Crippen LogP contribution in [0.25, 0.3) is 0 Å². The molecule has 1 amide bonds. The summed E-state index contributed by atoms with van der Waals surface area (Å²) in [6.07, 6.45) is 2.95.